The highest BCUT2D eigenvalue weighted by Gasteiger charge is 2.62. The number of fused-ring (bicyclic) bond motifs is 3. The van der Waals surface area contributed by atoms with E-state index in [0.717, 1.165) is 21.6 Å². The normalized spacial score (nSPS) is 28.5. The summed E-state index contributed by atoms with van der Waals surface area (Å²) >= 11 is 0. The molecule has 5 aliphatic rings. The van der Waals surface area contributed by atoms with Gasteiger partial charge in [-0.15, -0.1) is 6.58 Å². The van der Waals surface area contributed by atoms with E-state index < -0.39 is 87.6 Å². The number of amides is 6. The summed E-state index contributed by atoms with van der Waals surface area (Å²) in [7, 11) is -2.50. The Morgan fingerprint density at radius 1 is 1.20 bits per heavy atom. The number of hydrogen-bond donors (Lipinski definition) is 3. The minimum Gasteiger partial charge on any atom is -0.444 e. The van der Waals surface area contributed by atoms with Crippen molar-refractivity contribution >= 4 is 45.9 Å². The lowest BCUT2D eigenvalue weighted by molar-refractivity contribution is -0.141. The second kappa shape index (κ2) is 13.6. The van der Waals surface area contributed by atoms with Crippen molar-refractivity contribution < 1.29 is 45.9 Å². The number of alkyl halides is 2. The van der Waals surface area contributed by atoms with E-state index >= 15 is 0 Å². The van der Waals surface area contributed by atoms with E-state index in [1.807, 2.05) is 30.4 Å². The number of carbonyl (C=O) groups is 5. The Morgan fingerprint density at radius 2 is 1.96 bits per heavy atom. The van der Waals surface area contributed by atoms with Crippen LogP contribution in [-0.4, -0.2) is 109 Å². The Balaban J connectivity index is 1.28. The van der Waals surface area contributed by atoms with E-state index in [1.165, 1.54) is 22.9 Å². The van der Waals surface area contributed by atoms with Crippen LogP contribution in [0.3, 0.4) is 0 Å². The minimum absolute atomic E-state index is 0.0378. The Kier molecular flexibility index (Phi) is 9.63. The zero-order valence-electron chi connectivity index (χ0n) is 27.5. The fourth-order valence-electron chi connectivity index (χ4n) is 6.78. The number of benzene rings is 1. The van der Waals surface area contributed by atoms with Gasteiger partial charge in [0.2, 0.25) is 28.3 Å². The Morgan fingerprint density at radius 3 is 2.64 bits per heavy atom. The van der Waals surface area contributed by atoms with Gasteiger partial charge in [-0.3, -0.25) is 24.0 Å². The summed E-state index contributed by atoms with van der Waals surface area (Å²) in [5.41, 5.74) is 1.06. The van der Waals surface area contributed by atoms with Crippen LogP contribution in [0.15, 0.2) is 36.9 Å². The first-order valence-corrected chi connectivity index (χ1v) is 18.1. The number of carbonyl (C=O) groups excluding carboxylic acids is 5. The summed E-state index contributed by atoms with van der Waals surface area (Å²) in [4.78, 5) is 71.5. The van der Waals surface area contributed by atoms with Crippen molar-refractivity contribution in [2.45, 2.75) is 87.0 Å². The molecule has 6 rings (SSSR count). The molecule has 0 unspecified atom stereocenters. The third-order valence-electron chi connectivity index (χ3n) is 9.93. The summed E-state index contributed by atoms with van der Waals surface area (Å²) in [6.07, 6.45) is 0.339. The molecule has 5 atom stereocenters. The summed E-state index contributed by atoms with van der Waals surface area (Å²) in [5, 5.41) is 4.27. The first-order chi connectivity index (χ1) is 23.7. The van der Waals surface area contributed by atoms with E-state index in [-0.39, 0.29) is 39.0 Å². The summed E-state index contributed by atoms with van der Waals surface area (Å²) < 4.78 is 60.6. The monoisotopic (exact) mass is 718 g/mol. The van der Waals surface area contributed by atoms with Gasteiger partial charge in [0.1, 0.15) is 23.7 Å². The van der Waals surface area contributed by atoms with E-state index in [1.54, 1.807) is 0 Å². The molecule has 3 heterocycles. The number of urea groups is 1. The first kappa shape index (κ1) is 35.3. The lowest BCUT2D eigenvalue weighted by Gasteiger charge is -2.30. The van der Waals surface area contributed by atoms with Crippen LogP contribution in [0.4, 0.5) is 18.4 Å². The second-order valence-corrected chi connectivity index (χ2v) is 15.5. The van der Waals surface area contributed by atoms with Crippen molar-refractivity contribution in [3.8, 4) is 0 Å². The molecule has 2 saturated carbocycles. The third-order valence-corrected chi connectivity index (χ3v) is 11.7. The molecule has 3 N–H and O–H groups in total. The van der Waals surface area contributed by atoms with Crippen LogP contribution in [0.2, 0.25) is 0 Å². The van der Waals surface area contributed by atoms with Crippen LogP contribution < -0.4 is 15.4 Å². The molecule has 3 fully saturated rings. The van der Waals surface area contributed by atoms with Gasteiger partial charge in [0.25, 0.3) is 5.91 Å². The van der Waals surface area contributed by atoms with Crippen molar-refractivity contribution in [2.24, 2.45) is 5.92 Å². The number of halogens is 2. The van der Waals surface area contributed by atoms with Gasteiger partial charge in [-0.05, 0) is 42.4 Å². The SMILES string of the molecule is C=C[C@@H]1C[C@]1(NC(=O)[C@@H]1C[C@@H]2CN1C(=O)[C@H](CC(F)F)NC(=O)N(C)CCC=Cc1cccc3c1CN(C3)C(=O)O2)C(=O)NS(=O)(=O)C1CC1. The van der Waals surface area contributed by atoms with Crippen molar-refractivity contribution in [1.29, 1.82) is 0 Å². The summed E-state index contributed by atoms with van der Waals surface area (Å²) in [6, 6.07) is 1.73. The molecule has 0 spiro atoms. The number of ether oxygens (including phenoxy) is 1. The lowest BCUT2D eigenvalue weighted by atomic mass is 10.0. The summed E-state index contributed by atoms with van der Waals surface area (Å²) in [6.45, 7) is 4.03. The number of nitrogens with zero attached hydrogens (tertiary/aromatic N) is 3. The number of sulfonamides is 1. The molecular weight excluding hydrogens is 678 g/mol. The van der Waals surface area contributed by atoms with Crippen LogP contribution >= 0.6 is 0 Å². The molecule has 1 aromatic rings. The van der Waals surface area contributed by atoms with Gasteiger partial charge in [0.05, 0.1) is 18.3 Å². The van der Waals surface area contributed by atoms with E-state index in [9.17, 15) is 41.2 Å². The molecule has 0 radical (unpaired) electrons. The molecule has 0 aromatic heterocycles. The molecule has 50 heavy (non-hydrogen) atoms. The fourth-order valence-corrected chi connectivity index (χ4v) is 8.15. The summed E-state index contributed by atoms with van der Waals surface area (Å²) in [5.74, 6) is -3.46. The Bertz CT molecular complexity index is 1740. The topological polar surface area (TPSA) is 175 Å². The van der Waals surface area contributed by atoms with E-state index in [2.05, 4.69) is 21.9 Å². The van der Waals surface area contributed by atoms with Crippen LogP contribution in [0.25, 0.3) is 6.08 Å². The maximum atomic E-state index is 14.0. The van der Waals surface area contributed by atoms with Gasteiger partial charge < -0.3 is 25.2 Å². The van der Waals surface area contributed by atoms with Crippen LogP contribution in [-0.2, 0) is 42.2 Å². The molecule has 6 amide bonds. The predicted molar refractivity (Wildman–Crippen MR) is 175 cm³/mol. The largest absolute Gasteiger partial charge is 0.444 e. The minimum atomic E-state index is -3.97. The van der Waals surface area contributed by atoms with Gasteiger partial charge in [-0.25, -0.2) is 26.8 Å². The van der Waals surface area contributed by atoms with Crippen LogP contribution in [0, 0.1) is 5.92 Å². The average molecular weight is 719 g/mol. The fraction of sp³-hybridized carbons (Fsp3) is 0.545. The van der Waals surface area contributed by atoms with Crippen molar-refractivity contribution in [2.75, 3.05) is 20.1 Å². The van der Waals surface area contributed by atoms with Gasteiger partial charge in [-0.2, -0.15) is 0 Å². The zero-order valence-corrected chi connectivity index (χ0v) is 28.3. The average Bonchev–Trinajstić information content (AvgIpc) is 3.95. The molecule has 4 bridgehead atoms. The van der Waals surface area contributed by atoms with Crippen LogP contribution in [0.1, 0.15) is 55.2 Å². The lowest BCUT2D eigenvalue weighted by Crippen LogP contribution is -2.59. The van der Waals surface area contributed by atoms with Gasteiger partial charge in [0.15, 0.2) is 0 Å². The number of hydrogen-bond acceptors (Lipinski definition) is 8. The highest BCUT2D eigenvalue weighted by atomic mass is 32.2. The quantitative estimate of drug-likeness (QED) is 0.342. The number of nitrogens with one attached hydrogen (secondary N) is 3. The maximum absolute atomic E-state index is 14.0. The molecular formula is C33H40F2N6O8S. The second-order valence-electron chi connectivity index (χ2n) is 13.5. The standard InChI is InChI=1S/C33H40F2N6O8S/c1-3-21-15-33(21,30(44)38-50(47,48)23-10-11-23)37-28(42)26-13-22-17-41(26)29(43)25(14-27(34)35)36-31(45)39(2)12-5-4-7-19-8-6-9-20-16-40(18-24(19)20)32(46)49-22/h3-4,6-9,21-23,25-27H,1,5,10-18H2,2H3,(H,36,45)(H,37,42)(H,38,44)/t21-,22-,25+,26+,33-/m1/s1. The van der Waals surface area contributed by atoms with E-state index in [4.69, 9.17) is 4.74 Å². The van der Waals surface area contributed by atoms with Gasteiger partial charge in [-0.1, -0.05) is 36.4 Å². The molecule has 270 valence electrons. The molecule has 1 aromatic carbocycles. The Labute approximate surface area is 288 Å². The van der Waals surface area contributed by atoms with Crippen molar-refractivity contribution in [3.05, 3.63) is 53.6 Å². The molecule has 14 nitrogen and oxygen atoms in total. The molecule has 1 saturated heterocycles. The number of rotatable bonds is 8. The molecule has 2 aliphatic carbocycles. The van der Waals surface area contributed by atoms with Crippen molar-refractivity contribution in [1.82, 2.24) is 30.1 Å². The van der Waals surface area contributed by atoms with Crippen LogP contribution in [0.5, 0.6) is 0 Å². The van der Waals surface area contributed by atoms with E-state index in [0.29, 0.717) is 19.3 Å². The zero-order chi connectivity index (χ0) is 36.0. The smallest absolute Gasteiger partial charge is 0.410 e. The van der Waals surface area contributed by atoms with Gasteiger partial charge >= 0.3 is 12.1 Å². The molecule has 3 aliphatic heterocycles. The first-order valence-electron chi connectivity index (χ1n) is 16.6. The highest BCUT2D eigenvalue weighted by Crippen LogP contribution is 2.45. The van der Waals surface area contributed by atoms with Crippen molar-refractivity contribution in [3.63, 3.8) is 0 Å². The van der Waals surface area contributed by atoms with Gasteiger partial charge in [0, 0.05) is 38.9 Å². The maximum Gasteiger partial charge on any atom is 0.410 e. The predicted octanol–water partition coefficient (Wildman–Crippen LogP) is 1.86. The Hall–Kier alpha value is -4.54. The highest BCUT2D eigenvalue weighted by molar-refractivity contribution is 7.91. The third kappa shape index (κ3) is 7.18. The molecule has 17 heteroatoms.